The quantitative estimate of drug-likeness (QED) is 0.759. The predicted molar refractivity (Wildman–Crippen MR) is 61.3 cm³/mol. The fraction of sp³-hybridized carbons (Fsp3) is 0.417. The zero-order chi connectivity index (χ0) is 11.3. The summed E-state index contributed by atoms with van der Waals surface area (Å²) in [5, 5.41) is 0. The van der Waals surface area contributed by atoms with E-state index in [1.165, 1.54) is 0 Å². The Hall–Kier alpha value is -1.51. The smallest absolute Gasteiger partial charge is 0.223 e. The maximum Gasteiger partial charge on any atom is 0.223 e. The lowest BCUT2D eigenvalue weighted by Gasteiger charge is -2.19. The number of carbonyl (C=O) groups is 1. The van der Waals surface area contributed by atoms with Crippen LogP contribution in [0.15, 0.2) is 24.3 Å². The molecule has 0 aliphatic carbocycles. The van der Waals surface area contributed by atoms with Crippen molar-refractivity contribution in [3.63, 3.8) is 0 Å². The van der Waals surface area contributed by atoms with Gasteiger partial charge in [0, 0.05) is 25.2 Å². The molecule has 0 unspecified atom stereocenters. The van der Waals surface area contributed by atoms with E-state index < -0.39 is 0 Å². The highest BCUT2D eigenvalue weighted by Gasteiger charge is 2.09. The van der Waals surface area contributed by atoms with Gasteiger partial charge in [0.05, 0.1) is 6.61 Å². The van der Waals surface area contributed by atoms with Crippen molar-refractivity contribution in [2.75, 3.05) is 18.1 Å². The molecule has 1 amide bonds. The van der Waals surface area contributed by atoms with Crippen molar-refractivity contribution >= 4 is 11.6 Å². The van der Waals surface area contributed by atoms with E-state index in [0.717, 1.165) is 11.4 Å². The van der Waals surface area contributed by atoms with Crippen molar-refractivity contribution in [2.45, 2.75) is 20.8 Å². The molecule has 0 bridgehead atoms. The van der Waals surface area contributed by atoms with Crippen LogP contribution >= 0.6 is 0 Å². The minimum absolute atomic E-state index is 0.0474. The van der Waals surface area contributed by atoms with E-state index in [1.807, 2.05) is 38.1 Å². The fourth-order valence-corrected chi connectivity index (χ4v) is 1.49. The standard InChI is InChI=1S/C12H17NO2/c1-4-13(10(3)14)11-7-6-8-12(9-11)15-5-2/h6-9H,4-5H2,1-3H3. The molecule has 0 radical (unpaired) electrons. The van der Waals surface area contributed by atoms with Crippen LogP contribution in [-0.4, -0.2) is 19.1 Å². The van der Waals surface area contributed by atoms with Gasteiger partial charge in [0.2, 0.25) is 5.91 Å². The molecule has 1 aromatic carbocycles. The van der Waals surface area contributed by atoms with Gasteiger partial charge in [-0.3, -0.25) is 4.79 Å². The minimum Gasteiger partial charge on any atom is -0.494 e. The number of benzene rings is 1. The topological polar surface area (TPSA) is 29.5 Å². The fourth-order valence-electron chi connectivity index (χ4n) is 1.49. The maximum atomic E-state index is 11.3. The monoisotopic (exact) mass is 207 g/mol. The minimum atomic E-state index is 0.0474. The Labute approximate surface area is 90.7 Å². The highest BCUT2D eigenvalue weighted by Crippen LogP contribution is 2.21. The van der Waals surface area contributed by atoms with E-state index in [9.17, 15) is 4.79 Å². The normalized spacial score (nSPS) is 9.80. The molecule has 3 nitrogen and oxygen atoms in total. The third-order valence-corrected chi connectivity index (χ3v) is 2.14. The molecule has 0 aliphatic heterocycles. The average molecular weight is 207 g/mol. The first-order chi connectivity index (χ1) is 7.19. The van der Waals surface area contributed by atoms with Crippen LogP contribution in [0.3, 0.4) is 0 Å². The van der Waals surface area contributed by atoms with Gasteiger partial charge in [-0.1, -0.05) is 6.07 Å². The Balaban J connectivity index is 2.92. The van der Waals surface area contributed by atoms with Gasteiger partial charge < -0.3 is 9.64 Å². The van der Waals surface area contributed by atoms with Crippen molar-refractivity contribution in [3.8, 4) is 5.75 Å². The maximum absolute atomic E-state index is 11.3. The van der Waals surface area contributed by atoms with Gasteiger partial charge in [0.15, 0.2) is 0 Å². The molecule has 15 heavy (non-hydrogen) atoms. The first-order valence-electron chi connectivity index (χ1n) is 5.20. The molecule has 82 valence electrons. The Kier molecular flexibility index (Phi) is 4.16. The molecule has 1 aromatic rings. The highest BCUT2D eigenvalue weighted by atomic mass is 16.5. The average Bonchev–Trinajstić information content (AvgIpc) is 2.19. The Bertz CT molecular complexity index is 336. The molecule has 0 saturated carbocycles. The number of ether oxygens (including phenoxy) is 1. The summed E-state index contributed by atoms with van der Waals surface area (Å²) in [6, 6.07) is 7.58. The number of carbonyl (C=O) groups excluding carboxylic acids is 1. The second-order valence-electron chi connectivity index (χ2n) is 3.19. The lowest BCUT2D eigenvalue weighted by atomic mass is 10.2. The number of hydrogen-bond acceptors (Lipinski definition) is 2. The first kappa shape index (κ1) is 11.6. The molecule has 1 rings (SSSR count). The lowest BCUT2D eigenvalue weighted by Crippen LogP contribution is -2.27. The SMILES string of the molecule is CCOc1cccc(N(CC)C(C)=O)c1. The van der Waals surface area contributed by atoms with Crippen LogP contribution in [0.25, 0.3) is 0 Å². The summed E-state index contributed by atoms with van der Waals surface area (Å²) in [6.45, 7) is 6.77. The van der Waals surface area contributed by atoms with Gasteiger partial charge in [-0.15, -0.1) is 0 Å². The number of nitrogens with zero attached hydrogens (tertiary/aromatic N) is 1. The molecule has 0 aliphatic rings. The van der Waals surface area contributed by atoms with E-state index in [4.69, 9.17) is 4.74 Å². The molecular formula is C12H17NO2. The van der Waals surface area contributed by atoms with E-state index in [0.29, 0.717) is 13.2 Å². The second-order valence-corrected chi connectivity index (χ2v) is 3.19. The molecule has 0 heterocycles. The van der Waals surface area contributed by atoms with E-state index in [-0.39, 0.29) is 5.91 Å². The van der Waals surface area contributed by atoms with Crippen LogP contribution in [0.1, 0.15) is 20.8 Å². The van der Waals surface area contributed by atoms with Crippen LogP contribution in [0.5, 0.6) is 5.75 Å². The van der Waals surface area contributed by atoms with E-state index >= 15 is 0 Å². The number of rotatable bonds is 4. The van der Waals surface area contributed by atoms with Gasteiger partial charge in [-0.05, 0) is 26.0 Å². The van der Waals surface area contributed by atoms with Crippen molar-refractivity contribution in [3.05, 3.63) is 24.3 Å². The van der Waals surface area contributed by atoms with Crippen LogP contribution in [-0.2, 0) is 4.79 Å². The molecule has 0 saturated heterocycles. The summed E-state index contributed by atoms with van der Waals surface area (Å²) >= 11 is 0. The van der Waals surface area contributed by atoms with Gasteiger partial charge in [0.25, 0.3) is 0 Å². The first-order valence-corrected chi connectivity index (χ1v) is 5.20. The zero-order valence-corrected chi connectivity index (χ0v) is 9.49. The second kappa shape index (κ2) is 5.39. The van der Waals surface area contributed by atoms with Crippen molar-refractivity contribution in [1.29, 1.82) is 0 Å². The molecule has 0 aromatic heterocycles. The molecule has 0 fully saturated rings. The largest absolute Gasteiger partial charge is 0.494 e. The molecule has 0 spiro atoms. The third-order valence-electron chi connectivity index (χ3n) is 2.14. The summed E-state index contributed by atoms with van der Waals surface area (Å²) in [4.78, 5) is 13.0. The number of amides is 1. The summed E-state index contributed by atoms with van der Waals surface area (Å²) in [6.07, 6.45) is 0. The lowest BCUT2D eigenvalue weighted by molar-refractivity contribution is -0.116. The Morgan fingerprint density at radius 1 is 1.40 bits per heavy atom. The van der Waals surface area contributed by atoms with Crippen LogP contribution in [0, 0.1) is 0 Å². The Morgan fingerprint density at radius 3 is 2.67 bits per heavy atom. The summed E-state index contributed by atoms with van der Waals surface area (Å²) < 4.78 is 5.38. The molecule has 0 atom stereocenters. The van der Waals surface area contributed by atoms with Gasteiger partial charge >= 0.3 is 0 Å². The van der Waals surface area contributed by atoms with Crippen molar-refractivity contribution in [2.24, 2.45) is 0 Å². The molecular weight excluding hydrogens is 190 g/mol. The zero-order valence-electron chi connectivity index (χ0n) is 9.49. The molecule has 3 heteroatoms. The van der Waals surface area contributed by atoms with Gasteiger partial charge in [-0.2, -0.15) is 0 Å². The van der Waals surface area contributed by atoms with Crippen molar-refractivity contribution in [1.82, 2.24) is 0 Å². The van der Waals surface area contributed by atoms with Crippen molar-refractivity contribution < 1.29 is 9.53 Å². The number of anilines is 1. The highest BCUT2D eigenvalue weighted by molar-refractivity contribution is 5.91. The Morgan fingerprint density at radius 2 is 2.13 bits per heavy atom. The van der Waals surface area contributed by atoms with Gasteiger partial charge in [0.1, 0.15) is 5.75 Å². The molecule has 0 N–H and O–H groups in total. The summed E-state index contributed by atoms with van der Waals surface area (Å²) in [5.74, 6) is 0.848. The predicted octanol–water partition coefficient (Wildman–Crippen LogP) is 2.46. The van der Waals surface area contributed by atoms with Gasteiger partial charge in [-0.25, -0.2) is 0 Å². The number of hydrogen-bond donors (Lipinski definition) is 0. The summed E-state index contributed by atoms with van der Waals surface area (Å²) in [5.41, 5.74) is 0.885. The van der Waals surface area contributed by atoms with E-state index in [1.54, 1.807) is 11.8 Å². The van der Waals surface area contributed by atoms with E-state index in [2.05, 4.69) is 0 Å². The third kappa shape index (κ3) is 2.98. The van der Waals surface area contributed by atoms with Crippen LogP contribution in [0.4, 0.5) is 5.69 Å². The van der Waals surface area contributed by atoms with Crippen LogP contribution < -0.4 is 9.64 Å². The summed E-state index contributed by atoms with van der Waals surface area (Å²) in [7, 11) is 0. The van der Waals surface area contributed by atoms with Crippen LogP contribution in [0.2, 0.25) is 0 Å².